The molecule has 0 aliphatic rings. The van der Waals surface area contributed by atoms with Crippen molar-refractivity contribution >= 4 is 27.6 Å². The summed E-state index contributed by atoms with van der Waals surface area (Å²) in [5.41, 5.74) is 3.37. The lowest BCUT2D eigenvalue weighted by molar-refractivity contribution is 0.341. The summed E-state index contributed by atoms with van der Waals surface area (Å²) in [5, 5.41) is 4.96. The van der Waals surface area contributed by atoms with Crippen molar-refractivity contribution in [1.29, 1.82) is 0 Å². The van der Waals surface area contributed by atoms with Crippen LogP contribution in [0, 0.1) is 0 Å². The van der Waals surface area contributed by atoms with E-state index in [-0.39, 0.29) is 0 Å². The van der Waals surface area contributed by atoms with Gasteiger partial charge in [0.15, 0.2) is 0 Å². The fourth-order valence-corrected chi connectivity index (χ4v) is 3.52. The van der Waals surface area contributed by atoms with Gasteiger partial charge in [0.25, 0.3) is 0 Å². The Morgan fingerprint density at radius 1 is 0.840 bits per heavy atom. The van der Waals surface area contributed by atoms with Gasteiger partial charge in [0.1, 0.15) is 5.75 Å². The van der Waals surface area contributed by atoms with E-state index < -0.39 is 0 Å². The number of hydrogen-bond donors (Lipinski definition) is 0. The average molecular weight is 324 g/mol. The first-order chi connectivity index (χ1) is 12.3. The van der Waals surface area contributed by atoms with Gasteiger partial charge in [0, 0.05) is 16.7 Å². The molecule has 0 aliphatic heterocycles. The maximum absolute atomic E-state index is 6.04. The van der Waals surface area contributed by atoms with Crippen molar-refractivity contribution in [3.8, 4) is 16.9 Å². The molecule has 4 rings (SSSR count). The lowest BCUT2D eigenvalue weighted by Gasteiger charge is -2.17. The third-order valence-corrected chi connectivity index (χ3v) is 4.59. The highest BCUT2D eigenvalue weighted by Gasteiger charge is 2.15. The van der Waals surface area contributed by atoms with Crippen molar-refractivity contribution < 1.29 is 4.74 Å². The van der Waals surface area contributed by atoms with Gasteiger partial charge < -0.3 is 4.74 Å². The predicted octanol–water partition coefficient (Wildman–Crippen LogP) is 6.70. The number of ether oxygens (including phenoxy) is 1. The van der Waals surface area contributed by atoms with E-state index in [1.165, 1.54) is 27.1 Å². The van der Waals surface area contributed by atoms with Crippen LogP contribution in [0.2, 0.25) is 0 Å². The van der Waals surface area contributed by atoms with Gasteiger partial charge in [-0.05, 0) is 34.5 Å². The van der Waals surface area contributed by atoms with E-state index in [1.54, 1.807) is 0 Å². The average Bonchev–Trinajstić information content (AvgIpc) is 2.66. The Balaban J connectivity index is 2.18. The molecule has 0 aromatic heterocycles. The predicted molar refractivity (Wildman–Crippen MR) is 108 cm³/mol. The van der Waals surface area contributed by atoms with Gasteiger partial charge in [0.05, 0.1) is 6.61 Å². The molecule has 25 heavy (non-hydrogen) atoms. The van der Waals surface area contributed by atoms with Crippen LogP contribution in [0.25, 0.3) is 38.7 Å². The Labute approximate surface area is 148 Å². The standard InChI is InChI=1S/C24H20O/c1-3-17-12-9-15-22(24(17)25-4-2)23-20-13-7-5-10-18(20)16-19-11-6-8-14-21(19)23/h3,5-16H,1,4H2,2H3. The van der Waals surface area contributed by atoms with Crippen LogP contribution in [0.3, 0.4) is 0 Å². The third kappa shape index (κ3) is 2.58. The summed E-state index contributed by atoms with van der Waals surface area (Å²) < 4.78 is 6.04. The van der Waals surface area contributed by atoms with Crippen LogP contribution in [-0.2, 0) is 0 Å². The van der Waals surface area contributed by atoms with Crippen molar-refractivity contribution in [2.24, 2.45) is 0 Å². The molecule has 0 unspecified atom stereocenters. The zero-order valence-electron chi connectivity index (χ0n) is 14.3. The Kier molecular flexibility index (Phi) is 3.99. The molecule has 1 heteroatoms. The van der Waals surface area contributed by atoms with E-state index >= 15 is 0 Å². The van der Waals surface area contributed by atoms with E-state index in [4.69, 9.17) is 4.74 Å². The van der Waals surface area contributed by atoms with Gasteiger partial charge in [-0.15, -0.1) is 0 Å². The Hall–Kier alpha value is -3.06. The highest BCUT2D eigenvalue weighted by molar-refractivity contribution is 6.13. The van der Waals surface area contributed by atoms with E-state index in [0.29, 0.717) is 6.61 Å². The van der Waals surface area contributed by atoms with Crippen molar-refractivity contribution in [2.45, 2.75) is 6.92 Å². The first kappa shape index (κ1) is 15.5. The Morgan fingerprint density at radius 2 is 1.48 bits per heavy atom. The molecular formula is C24H20O. The number of rotatable bonds is 4. The zero-order chi connectivity index (χ0) is 17.2. The molecule has 0 aliphatic carbocycles. The summed E-state index contributed by atoms with van der Waals surface area (Å²) in [4.78, 5) is 0. The second kappa shape index (κ2) is 6.45. The molecule has 122 valence electrons. The lowest BCUT2D eigenvalue weighted by atomic mass is 9.90. The largest absolute Gasteiger partial charge is 0.493 e. The number of benzene rings is 4. The van der Waals surface area contributed by atoms with Gasteiger partial charge in [0.2, 0.25) is 0 Å². The van der Waals surface area contributed by atoms with Gasteiger partial charge in [-0.25, -0.2) is 0 Å². The lowest BCUT2D eigenvalue weighted by Crippen LogP contribution is -1.97. The normalized spacial score (nSPS) is 10.9. The Bertz CT molecular complexity index is 1020. The number of para-hydroxylation sites is 1. The van der Waals surface area contributed by atoms with E-state index in [1.807, 2.05) is 13.0 Å². The van der Waals surface area contributed by atoms with Crippen LogP contribution in [0.4, 0.5) is 0 Å². The molecule has 0 radical (unpaired) electrons. The summed E-state index contributed by atoms with van der Waals surface area (Å²) in [6.45, 7) is 6.60. The minimum Gasteiger partial charge on any atom is -0.493 e. The fraction of sp³-hybridized carbons (Fsp3) is 0.0833. The van der Waals surface area contributed by atoms with E-state index in [0.717, 1.165) is 16.9 Å². The third-order valence-electron chi connectivity index (χ3n) is 4.59. The molecule has 0 amide bonds. The summed E-state index contributed by atoms with van der Waals surface area (Å²) in [5.74, 6) is 0.904. The smallest absolute Gasteiger partial charge is 0.134 e. The van der Waals surface area contributed by atoms with E-state index in [9.17, 15) is 0 Å². The van der Waals surface area contributed by atoms with Crippen molar-refractivity contribution in [2.75, 3.05) is 6.61 Å². The highest BCUT2D eigenvalue weighted by atomic mass is 16.5. The minimum absolute atomic E-state index is 0.626. The molecule has 0 saturated carbocycles. The van der Waals surface area contributed by atoms with Crippen LogP contribution < -0.4 is 4.74 Å². The summed E-state index contributed by atoms with van der Waals surface area (Å²) in [6, 6.07) is 25.6. The maximum atomic E-state index is 6.04. The van der Waals surface area contributed by atoms with Crippen LogP contribution in [0.15, 0.2) is 79.4 Å². The molecule has 0 bridgehead atoms. The second-order valence-electron chi connectivity index (χ2n) is 6.05. The van der Waals surface area contributed by atoms with E-state index in [2.05, 4.69) is 79.4 Å². The molecule has 0 spiro atoms. The van der Waals surface area contributed by atoms with Gasteiger partial charge in [-0.1, -0.05) is 79.4 Å². The molecule has 1 nitrogen and oxygen atoms in total. The SMILES string of the molecule is C=Cc1cccc(-c2c3ccccc3cc3ccccc23)c1OCC. The summed E-state index contributed by atoms with van der Waals surface area (Å²) in [7, 11) is 0. The Morgan fingerprint density at radius 3 is 2.08 bits per heavy atom. The summed E-state index contributed by atoms with van der Waals surface area (Å²) >= 11 is 0. The monoisotopic (exact) mass is 324 g/mol. The molecular weight excluding hydrogens is 304 g/mol. The maximum Gasteiger partial charge on any atom is 0.134 e. The van der Waals surface area contributed by atoms with Crippen molar-refractivity contribution in [3.05, 3.63) is 84.9 Å². The van der Waals surface area contributed by atoms with Gasteiger partial charge in [-0.2, -0.15) is 0 Å². The summed E-state index contributed by atoms with van der Waals surface area (Å²) in [6.07, 6.45) is 1.86. The van der Waals surface area contributed by atoms with Crippen LogP contribution >= 0.6 is 0 Å². The number of hydrogen-bond acceptors (Lipinski definition) is 1. The molecule has 0 fully saturated rings. The molecule has 0 atom stereocenters. The van der Waals surface area contributed by atoms with Crippen LogP contribution in [-0.4, -0.2) is 6.61 Å². The molecule has 4 aromatic carbocycles. The molecule has 0 N–H and O–H groups in total. The fourth-order valence-electron chi connectivity index (χ4n) is 3.52. The molecule has 0 heterocycles. The molecule has 0 saturated heterocycles. The first-order valence-electron chi connectivity index (χ1n) is 8.62. The van der Waals surface area contributed by atoms with Crippen LogP contribution in [0.1, 0.15) is 12.5 Å². The quantitative estimate of drug-likeness (QED) is 0.379. The zero-order valence-corrected chi connectivity index (χ0v) is 14.3. The van der Waals surface area contributed by atoms with Crippen molar-refractivity contribution in [1.82, 2.24) is 0 Å². The topological polar surface area (TPSA) is 9.23 Å². The second-order valence-corrected chi connectivity index (χ2v) is 6.05. The van der Waals surface area contributed by atoms with Gasteiger partial charge in [-0.3, -0.25) is 0 Å². The highest BCUT2D eigenvalue weighted by Crippen LogP contribution is 2.42. The van der Waals surface area contributed by atoms with Crippen LogP contribution in [0.5, 0.6) is 5.75 Å². The van der Waals surface area contributed by atoms with Gasteiger partial charge >= 0.3 is 0 Å². The first-order valence-corrected chi connectivity index (χ1v) is 8.62. The van der Waals surface area contributed by atoms with Crippen molar-refractivity contribution in [3.63, 3.8) is 0 Å². The molecule has 4 aromatic rings. The minimum atomic E-state index is 0.626. The number of fused-ring (bicyclic) bond motifs is 2.